The summed E-state index contributed by atoms with van der Waals surface area (Å²) in [6, 6.07) is 3.67. The number of likely N-dealkylation sites (tertiary alicyclic amines) is 1. The van der Waals surface area contributed by atoms with E-state index >= 15 is 0 Å². The van der Waals surface area contributed by atoms with E-state index in [0.717, 1.165) is 43.0 Å². The van der Waals surface area contributed by atoms with Crippen molar-refractivity contribution in [2.24, 2.45) is 5.92 Å². The molecule has 0 spiro atoms. The fourth-order valence-electron chi connectivity index (χ4n) is 5.64. The lowest BCUT2D eigenvalue weighted by molar-refractivity contribution is -0.149. The Morgan fingerprint density at radius 2 is 2.12 bits per heavy atom. The van der Waals surface area contributed by atoms with Gasteiger partial charge in [0.05, 0.1) is 5.60 Å². The van der Waals surface area contributed by atoms with Gasteiger partial charge < -0.3 is 14.9 Å². The highest BCUT2D eigenvalue weighted by atomic mass is 16.5. The molecule has 2 aliphatic heterocycles. The predicted octanol–water partition coefficient (Wildman–Crippen LogP) is 2.16. The summed E-state index contributed by atoms with van der Waals surface area (Å²) in [5.74, 6) is 1.23. The minimum atomic E-state index is -0.973. The third kappa shape index (κ3) is 2.20. The number of hydrogen-bond donors (Lipinski definition) is 2. The standard InChI is InChI=1S/C21H27NO4/c1-20-8-9-22(11-13-2-3-13)17-10-14-4-5-16(24)19(18(14)20)26-12-15(23)6-7-21(17,20)25/h4-5,13,17,24-25H,2-3,6-12H2,1H3/t17-,20+,21-/m1/s1. The first kappa shape index (κ1) is 16.6. The summed E-state index contributed by atoms with van der Waals surface area (Å²) in [5.41, 5.74) is 0.588. The summed E-state index contributed by atoms with van der Waals surface area (Å²) in [5, 5.41) is 22.5. The van der Waals surface area contributed by atoms with Crippen LogP contribution in [0.3, 0.4) is 0 Å². The highest BCUT2D eigenvalue weighted by Crippen LogP contribution is 2.57. The van der Waals surface area contributed by atoms with Gasteiger partial charge in [0.15, 0.2) is 17.3 Å². The van der Waals surface area contributed by atoms with Gasteiger partial charge in [-0.15, -0.1) is 0 Å². The monoisotopic (exact) mass is 357 g/mol. The first-order chi connectivity index (χ1) is 12.4. The highest BCUT2D eigenvalue weighted by molar-refractivity contribution is 5.80. The Kier molecular flexibility index (Phi) is 3.48. The number of ether oxygens (including phenoxy) is 1. The van der Waals surface area contributed by atoms with Crippen LogP contribution in [-0.4, -0.2) is 52.2 Å². The van der Waals surface area contributed by atoms with Gasteiger partial charge in [0.2, 0.25) is 0 Å². The van der Waals surface area contributed by atoms with Gasteiger partial charge in [0, 0.05) is 30.0 Å². The van der Waals surface area contributed by atoms with Gasteiger partial charge in [0.25, 0.3) is 0 Å². The zero-order valence-electron chi connectivity index (χ0n) is 15.3. The molecule has 1 saturated carbocycles. The molecule has 140 valence electrons. The Hall–Kier alpha value is -1.59. The summed E-state index contributed by atoms with van der Waals surface area (Å²) < 4.78 is 5.79. The molecule has 4 aliphatic rings. The van der Waals surface area contributed by atoms with E-state index in [0.29, 0.717) is 18.6 Å². The summed E-state index contributed by atoms with van der Waals surface area (Å²) >= 11 is 0. The third-order valence-electron chi connectivity index (χ3n) is 7.39. The van der Waals surface area contributed by atoms with Gasteiger partial charge >= 0.3 is 0 Å². The maximum Gasteiger partial charge on any atom is 0.170 e. The lowest BCUT2D eigenvalue weighted by atomic mass is 9.54. The van der Waals surface area contributed by atoms with Crippen molar-refractivity contribution in [3.8, 4) is 11.5 Å². The Morgan fingerprint density at radius 3 is 2.88 bits per heavy atom. The van der Waals surface area contributed by atoms with Crippen molar-refractivity contribution in [1.29, 1.82) is 0 Å². The maximum absolute atomic E-state index is 12.3. The van der Waals surface area contributed by atoms with E-state index in [1.807, 2.05) is 6.07 Å². The van der Waals surface area contributed by atoms with Crippen LogP contribution in [0.4, 0.5) is 0 Å². The molecule has 2 N–H and O–H groups in total. The van der Waals surface area contributed by atoms with E-state index in [-0.39, 0.29) is 24.2 Å². The van der Waals surface area contributed by atoms with Crippen LogP contribution in [0.2, 0.25) is 0 Å². The number of hydrogen-bond acceptors (Lipinski definition) is 5. The van der Waals surface area contributed by atoms with E-state index < -0.39 is 11.0 Å². The van der Waals surface area contributed by atoms with Gasteiger partial charge in [-0.3, -0.25) is 9.69 Å². The first-order valence-corrected chi connectivity index (χ1v) is 9.88. The summed E-state index contributed by atoms with van der Waals surface area (Å²) in [7, 11) is 0. The number of carbonyl (C=O) groups excluding carboxylic acids is 1. The van der Waals surface area contributed by atoms with E-state index in [9.17, 15) is 15.0 Å². The normalized spacial score (nSPS) is 36.7. The van der Waals surface area contributed by atoms with Crippen molar-refractivity contribution < 1.29 is 19.7 Å². The molecule has 2 fully saturated rings. The largest absolute Gasteiger partial charge is 0.504 e. The number of nitrogens with zero attached hydrogens (tertiary/aromatic N) is 1. The molecule has 4 bridgehead atoms. The van der Waals surface area contributed by atoms with Crippen LogP contribution >= 0.6 is 0 Å². The van der Waals surface area contributed by atoms with Crippen LogP contribution < -0.4 is 4.74 Å². The molecule has 5 nitrogen and oxygen atoms in total. The second-order valence-electron chi connectivity index (χ2n) is 8.94. The number of carbonyl (C=O) groups is 1. The molecule has 0 amide bonds. The molecule has 1 aromatic rings. The van der Waals surface area contributed by atoms with Crippen molar-refractivity contribution in [1.82, 2.24) is 4.90 Å². The lowest BCUT2D eigenvalue weighted by Crippen LogP contribution is -2.70. The van der Waals surface area contributed by atoms with Gasteiger partial charge in [0.1, 0.15) is 6.61 Å². The zero-order chi connectivity index (χ0) is 18.1. The highest BCUT2D eigenvalue weighted by Gasteiger charge is 2.61. The average molecular weight is 357 g/mol. The molecular weight excluding hydrogens is 330 g/mol. The van der Waals surface area contributed by atoms with Crippen LogP contribution in [0.5, 0.6) is 11.5 Å². The molecule has 1 aromatic carbocycles. The van der Waals surface area contributed by atoms with Gasteiger partial charge in [-0.2, -0.15) is 0 Å². The van der Waals surface area contributed by atoms with Crippen molar-refractivity contribution in [2.45, 2.75) is 62.5 Å². The average Bonchev–Trinajstić information content (AvgIpc) is 3.41. The molecule has 2 heterocycles. The fraction of sp³-hybridized carbons (Fsp3) is 0.667. The Morgan fingerprint density at radius 1 is 1.31 bits per heavy atom. The molecule has 5 rings (SSSR count). The van der Waals surface area contributed by atoms with E-state index in [1.54, 1.807) is 6.07 Å². The number of phenolic OH excluding ortho intramolecular Hbond substituents is 1. The summed E-state index contributed by atoms with van der Waals surface area (Å²) in [6.07, 6.45) is 4.93. The van der Waals surface area contributed by atoms with Crippen molar-refractivity contribution in [3.63, 3.8) is 0 Å². The van der Waals surface area contributed by atoms with E-state index in [2.05, 4.69) is 11.8 Å². The van der Waals surface area contributed by atoms with E-state index in [1.165, 1.54) is 12.8 Å². The van der Waals surface area contributed by atoms with Crippen LogP contribution in [0, 0.1) is 5.92 Å². The van der Waals surface area contributed by atoms with Crippen LogP contribution in [0.1, 0.15) is 50.2 Å². The minimum Gasteiger partial charge on any atom is -0.504 e. The number of rotatable bonds is 2. The van der Waals surface area contributed by atoms with Gasteiger partial charge in [-0.05, 0) is 56.2 Å². The number of ketones is 1. The minimum absolute atomic E-state index is 0.0154. The van der Waals surface area contributed by atoms with Crippen LogP contribution in [0.15, 0.2) is 12.1 Å². The Balaban J connectivity index is 1.69. The molecule has 0 aromatic heterocycles. The molecule has 0 unspecified atom stereocenters. The fourth-order valence-corrected chi connectivity index (χ4v) is 5.64. The molecule has 2 aliphatic carbocycles. The number of aliphatic hydroxyl groups is 1. The number of Topliss-reactive ketones (excluding diaryl/α,β-unsaturated/α-hetero) is 1. The van der Waals surface area contributed by atoms with Crippen LogP contribution in [-0.2, 0) is 16.6 Å². The molecule has 3 atom stereocenters. The maximum atomic E-state index is 12.3. The first-order valence-electron chi connectivity index (χ1n) is 9.88. The summed E-state index contributed by atoms with van der Waals surface area (Å²) in [6.45, 7) is 4.07. The molecule has 5 heteroatoms. The quantitative estimate of drug-likeness (QED) is 0.849. The smallest absolute Gasteiger partial charge is 0.170 e. The molecular formula is C21H27NO4. The second-order valence-corrected chi connectivity index (χ2v) is 8.94. The van der Waals surface area contributed by atoms with Gasteiger partial charge in [-0.25, -0.2) is 0 Å². The lowest BCUT2D eigenvalue weighted by Gasteiger charge is -2.60. The molecule has 1 saturated heterocycles. The zero-order valence-corrected chi connectivity index (χ0v) is 15.3. The predicted molar refractivity (Wildman–Crippen MR) is 96.6 cm³/mol. The SMILES string of the molecule is C[C@]12CCN(CC3CC3)[C@@H]3Cc4ccc(O)c(c41)OCC(=O)CC[C@@]32O. The number of piperidine rings is 1. The number of aromatic hydroxyl groups is 1. The second kappa shape index (κ2) is 5.46. The number of benzene rings is 1. The number of phenols is 1. The van der Waals surface area contributed by atoms with Crippen molar-refractivity contribution in [2.75, 3.05) is 19.7 Å². The van der Waals surface area contributed by atoms with Crippen molar-refractivity contribution >= 4 is 5.78 Å². The Bertz CT molecular complexity index is 774. The Labute approximate surface area is 154 Å². The van der Waals surface area contributed by atoms with E-state index in [4.69, 9.17) is 4.74 Å². The molecule has 26 heavy (non-hydrogen) atoms. The third-order valence-corrected chi connectivity index (χ3v) is 7.39. The van der Waals surface area contributed by atoms with Crippen LogP contribution in [0.25, 0.3) is 0 Å². The van der Waals surface area contributed by atoms with Gasteiger partial charge in [-0.1, -0.05) is 13.0 Å². The molecule has 0 radical (unpaired) electrons. The van der Waals surface area contributed by atoms with Crippen molar-refractivity contribution in [3.05, 3.63) is 23.3 Å². The topological polar surface area (TPSA) is 70.0 Å². The summed E-state index contributed by atoms with van der Waals surface area (Å²) in [4.78, 5) is 14.8.